The van der Waals surface area contributed by atoms with E-state index in [1.165, 1.54) is 17.0 Å². The van der Waals surface area contributed by atoms with E-state index in [4.69, 9.17) is 4.74 Å². The van der Waals surface area contributed by atoms with Crippen LogP contribution in [0.2, 0.25) is 0 Å². The average Bonchev–Trinajstić information content (AvgIpc) is 3.01. The molecule has 2 heterocycles. The fourth-order valence-electron chi connectivity index (χ4n) is 3.53. The Morgan fingerprint density at radius 1 is 1.15 bits per heavy atom. The number of aliphatic hydroxyl groups is 1. The Morgan fingerprint density at radius 2 is 1.81 bits per heavy atom. The number of carbonyl (C=O) groups is 1. The van der Waals surface area contributed by atoms with Gasteiger partial charge in [-0.1, -0.05) is 0 Å². The maximum Gasteiger partial charge on any atom is 0.416 e. The molecule has 2 aliphatic rings. The third-order valence-corrected chi connectivity index (χ3v) is 4.82. The molecular weight excluding hydrogens is 349 g/mol. The number of nitrogens with zero attached hydrogens (tertiary/aromatic N) is 2. The minimum Gasteiger partial charge on any atom is -0.384 e. The highest BCUT2D eigenvalue weighted by Gasteiger charge is 2.37. The van der Waals surface area contributed by atoms with Crippen molar-refractivity contribution >= 4 is 5.91 Å². The number of amides is 1. The van der Waals surface area contributed by atoms with Gasteiger partial charge >= 0.3 is 6.18 Å². The van der Waals surface area contributed by atoms with Crippen LogP contribution in [0.25, 0.3) is 0 Å². The first-order valence-electron chi connectivity index (χ1n) is 8.76. The van der Waals surface area contributed by atoms with E-state index < -0.39 is 23.2 Å². The Kier molecular flexibility index (Phi) is 5.55. The predicted molar refractivity (Wildman–Crippen MR) is 88.8 cm³/mol. The van der Waals surface area contributed by atoms with Crippen LogP contribution < -0.4 is 0 Å². The molecule has 0 bridgehead atoms. The van der Waals surface area contributed by atoms with Crippen molar-refractivity contribution < 1.29 is 27.8 Å². The second-order valence-electron chi connectivity index (χ2n) is 7.06. The number of rotatable bonds is 3. The normalized spacial score (nSPS) is 25.3. The molecule has 0 saturated carbocycles. The lowest BCUT2D eigenvalue weighted by molar-refractivity contribution is -0.137. The molecule has 1 amide bonds. The smallest absolute Gasteiger partial charge is 0.384 e. The van der Waals surface area contributed by atoms with Crippen LogP contribution in [0.15, 0.2) is 24.3 Å². The third-order valence-electron chi connectivity index (χ3n) is 4.82. The molecule has 2 aliphatic heterocycles. The summed E-state index contributed by atoms with van der Waals surface area (Å²) in [5, 5.41) is 10.9. The van der Waals surface area contributed by atoms with E-state index in [2.05, 4.69) is 4.90 Å². The highest BCUT2D eigenvalue weighted by molar-refractivity contribution is 5.94. The van der Waals surface area contributed by atoms with Gasteiger partial charge in [-0.3, -0.25) is 4.79 Å². The van der Waals surface area contributed by atoms with Crippen LogP contribution >= 0.6 is 0 Å². The number of hydrogen-bond donors (Lipinski definition) is 1. The largest absolute Gasteiger partial charge is 0.416 e. The van der Waals surface area contributed by atoms with Crippen LogP contribution in [-0.2, 0) is 10.9 Å². The third kappa shape index (κ3) is 4.55. The molecule has 2 fully saturated rings. The maximum atomic E-state index is 12.7. The van der Waals surface area contributed by atoms with Gasteiger partial charge in [0.1, 0.15) is 5.60 Å². The number of hydrogen-bond acceptors (Lipinski definition) is 4. The summed E-state index contributed by atoms with van der Waals surface area (Å²) in [5.41, 5.74) is -1.80. The molecule has 0 aliphatic carbocycles. The quantitative estimate of drug-likeness (QED) is 0.882. The van der Waals surface area contributed by atoms with E-state index in [9.17, 15) is 23.1 Å². The highest BCUT2D eigenvalue weighted by Crippen LogP contribution is 2.29. The van der Waals surface area contributed by atoms with E-state index in [1.807, 2.05) is 0 Å². The zero-order valence-electron chi connectivity index (χ0n) is 14.5. The fourth-order valence-corrected chi connectivity index (χ4v) is 3.53. The molecule has 8 heteroatoms. The predicted octanol–water partition coefficient (Wildman–Crippen LogP) is 2.00. The highest BCUT2D eigenvalue weighted by atomic mass is 19.4. The van der Waals surface area contributed by atoms with Gasteiger partial charge in [0.15, 0.2) is 0 Å². The van der Waals surface area contributed by atoms with Crippen LogP contribution in [0.5, 0.6) is 0 Å². The molecule has 0 radical (unpaired) electrons. The Labute approximate surface area is 150 Å². The minimum absolute atomic E-state index is 0.101. The van der Waals surface area contributed by atoms with Crippen molar-refractivity contribution in [3.05, 3.63) is 35.4 Å². The molecule has 2 saturated heterocycles. The summed E-state index contributed by atoms with van der Waals surface area (Å²) in [7, 11) is 0. The molecule has 0 spiro atoms. The van der Waals surface area contributed by atoms with E-state index >= 15 is 0 Å². The number of alkyl halides is 3. The molecular formula is C18H23F3N2O3. The second-order valence-corrected chi connectivity index (χ2v) is 7.06. The van der Waals surface area contributed by atoms with E-state index in [-0.39, 0.29) is 25.3 Å². The van der Waals surface area contributed by atoms with E-state index in [1.54, 1.807) is 0 Å². The van der Waals surface area contributed by atoms with Crippen molar-refractivity contribution in [3.8, 4) is 0 Å². The maximum absolute atomic E-state index is 12.7. The first kappa shape index (κ1) is 19.1. The molecule has 0 unspecified atom stereocenters. The zero-order valence-corrected chi connectivity index (χ0v) is 14.5. The van der Waals surface area contributed by atoms with Crippen LogP contribution in [0.1, 0.15) is 28.8 Å². The minimum atomic E-state index is -4.44. The number of ether oxygens (including phenoxy) is 1. The monoisotopic (exact) mass is 372 g/mol. The molecule has 26 heavy (non-hydrogen) atoms. The van der Waals surface area contributed by atoms with Crippen LogP contribution in [-0.4, -0.2) is 72.4 Å². The number of halogens is 3. The summed E-state index contributed by atoms with van der Waals surface area (Å²) in [4.78, 5) is 16.3. The van der Waals surface area contributed by atoms with Gasteiger partial charge in [0, 0.05) is 18.7 Å². The first-order valence-corrected chi connectivity index (χ1v) is 8.76. The van der Waals surface area contributed by atoms with Crippen molar-refractivity contribution in [1.82, 2.24) is 9.80 Å². The summed E-state index contributed by atoms with van der Waals surface area (Å²) in [6, 6.07) is 4.16. The summed E-state index contributed by atoms with van der Waals surface area (Å²) >= 11 is 0. The van der Waals surface area contributed by atoms with Crippen molar-refractivity contribution in [3.63, 3.8) is 0 Å². The lowest BCUT2D eigenvalue weighted by Gasteiger charge is -2.34. The molecule has 1 atom stereocenters. The van der Waals surface area contributed by atoms with Gasteiger partial charge in [-0.2, -0.15) is 13.2 Å². The van der Waals surface area contributed by atoms with Crippen molar-refractivity contribution in [2.24, 2.45) is 0 Å². The fraction of sp³-hybridized carbons (Fsp3) is 0.611. The Balaban J connectivity index is 1.71. The van der Waals surface area contributed by atoms with Gasteiger partial charge in [-0.25, -0.2) is 0 Å². The van der Waals surface area contributed by atoms with Crippen molar-refractivity contribution in [1.29, 1.82) is 0 Å². The molecule has 1 aromatic carbocycles. The van der Waals surface area contributed by atoms with Gasteiger partial charge < -0.3 is 19.6 Å². The Hall–Kier alpha value is -1.64. The van der Waals surface area contributed by atoms with Gasteiger partial charge in [0.25, 0.3) is 5.91 Å². The average molecular weight is 372 g/mol. The molecule has 0 aromatic heterocycles. The molecule has 1 aromatic rings. The summed E-state index contributed by atoms with van der Waals surface area (Å²) in [6.07, 6.45) is -2.26. The number of benzene rings is 1. The van der Waals surface area contributed by atoms with Crippen LogP contribution in [0, 0.1) is 0 Å². The zero-order chi connectivity index (χ0) is 18.8. The van der Waals surface area contributed by atoms with Crippen LogP contribution in [0.4, 0.5) is 13.2 Å². The molecule has 5 nitrogen and oxygen atoms in total. The summed E-state index contributed by atoms with van der Waals surface area (Å²) in [5.74, 6) is -0.399. The number of likely N-dealkylation sites (tertiary alicyclic amines) is 1. The van der Waals surface area contributed by atoms with Gasteiger partial charge in [0.2, 0.25) is 0 Å². The summed E-state index contributed by atoms with van der Waals surface area (Å²) in [6.45, 7) is 3.06. The van der Waals surface area contributed by atoms with Crippen molar-refractivity contribution in [2.45, 2.75) is 24.6 Å². The number of β-amino-alcohol motifs (C(OH)–C–C–N with tert-alkyl or cyclic N) is 1. The summed E-state index contributed by atoms with van der Waals surface area (Å²) < 4.78 is 43.5. The standard InChI is InChI=1S/C18H23F3N2O3/c19-18(20,21)15-5-3-14(4-6-15)16(24)23-9-10-26-13-17(25,12-23)11-22-7-1-2-8-22/h3-6,25H,1-2,7-13H2/t17-/m1/s1. The number of carbonyl (C=O) groups excluding carboxylic acids is 1. The topological polar surface area (TPSA) is 53.0 Å². The molecule has 144 valence electrons. The Morgan fingerprint density at radius 3 is 2.42 bits per heavy atom. The Bertz CT molecular complexity index is 630. The van der Waals surface area contributed by atoms with Gasteiger partial charge in [0.05, 0.1) is 25.3 Å². The lowest BCUT2D eigenvalue weighted by atomic mass is 10.0. The molecule has 3 rings (SSSR count). The van der Waals surface area contributed by atoms with Crippen LogP contribution in [0.3, 0.4) is 0 Å². The van der Waals surface area contributed by atoms with Gasteiger partial charge in [-0.15, -0.1) is 0 Å². The first-order chi connectivity index (χ1) is 12.3. The second kappa shape index (κ2) is 7.54. The lowest BCUT2D eigenvalue weighted by Crippen LogP contribution is -2.53. The van der Waals surface area contributed by atoms with E-state index in [0.29, 0.717) is 13.1 Å². The molecule has 1 N–H and O–H groups in total. The van der Waals surface area contributed by atoms with Gasteiger partial charge in [-0.05, 0) is 50.2 Å². The van der Waals surface area contributed by atoms with E-state index in [0.717, 1.165) is 38.1 Å². The SMILES string of the molecule is O=C(c1ccc(C(F)(F)F)cc1)N1CCOC[C@@](O)(CN2CCCC2)C1. The van der Waals surface area contributed by atoms with Crippen molar-refractivity contribution in [2.75, 3.05) is 45.9 Å².